The maximum Gasteiger partial charge on any atom is 0.254 e. The Hall–Kier alpha value is -3.31. The van der Waals surface area contributed by atoms with Crippen LogP contribution < -0.4 is 10.2 Å². The Balaban J connectivity index is 0.00000221. The highest BCUT2D eigenvalue weighted by Gasteiger charge is 2.41. The summed E-state index contributed by atoms with van der Waals surface area (Å²) in [5, 5.41) is 13.3. The van der Waals surface area contributed by atoms with Crippen molar-refractivity contribution in [1.29, 1.82) is 0 Å². The smallest absolute Gasteiger partial charge is 0.254 e. The fourth-order valence-corrected chi connectivity index (χ4v) is 6.40. The number of phenols is 1. The Labute approximate surface area is 268 Å². The molecule has 8 nitrogen and oxygen atoms in total. The SMILES string of the molecule is C[C@@H]1CN(CC(=O)N2CC(C)(C)c3ncc(Cc4ccc(F)cc4F)cc32)[C@@H](CN2Cc3ccc(O)cc3C2=O)CN1.Cl.Cl. The lowest BCUT2D eigenvalue weighted by atomic mass is 9.91. The number of fused-ring (bicyclic) bond motifs is 2. The van der Waals surface area contributed by atoms with Crippen LogP contribution in [0.3, 0.4) is 0 Å². The molecule has 0 saturated carbocycles. The molecule has 2 aromatic carbocycles. The Bertz CT molecular complexity index is 1570. The van der Waals surface area contributed by atoms with Crippen LogP contribution in [0, 0.1) is 11.6 Å². The van der Waals surface area contributed by atoms with E-state index in [0.29, 0.717) is 43.9 Å². The number of aromatic nitrogens is 1. The highest BCUT2D eigenvalue weighted by Crippen LogP contribution is 2.40. The molecule has 0 unspecified atom stereocenters. The van der Waals surface area contributed by atoms with E-state index < -0.39 is 11.6 Å². The molecular weight excluding hydrogens is 611 g/mol. The van der Waals surface area contributed by atoms with Crippen molar-refractivity contribution in [2.45, 2.75) is 51.2 Å². The van der Waals surface area contributed by atoms with Gasteiger partial charge in [0.2, 0.25) is 5.91 Å². The van der Waals surface area contributed by atoms with Crippen molar-refractivity contribution in [2.24, 2.45) is 0 Å². The first-order valence-corrected chi connectivity index (χ1v) is 14.3. The van der Waals surface area contributed by atoms with Gasteiger partial charge in [-0.15, -0.1) is 24.8 Å². The summed E-state index contributed by atoms with van der Waals surface area (Å²) in [6.45, 7) is 9.04. The first kappa shape index (κ1) is 33.6. The molecule has 4 heterocycles. The molecule has 44 heavy (non-hydrogen) atoms. The number of piperazine rings is 1. The van der Waals surface area contributed by atoms with E-state index in [0.717, 1.165) is 28.6 Å². The molecule has 1 aromatic heterocycles. The number of rotatable bonds is 6. The second-order valence-electron chi connectivity index (χ2n) is 12.4. The lowest BCUT2D eigenvalue weighted by molar-refractivity contribution is -0.120. The number of carbonyl (C=O) groups excluding carboxylic acids is 2. The van der Waals surface area contributed by atoms with E-state index in [-0.39, 0.29) is 72.8 Å². The van der Waals surface area contributed by atoms with Gasteiger partial charge in [0, 0.05) is 74.5 Å². The molecule has 0 bridgehead atoms. The predicted octanol–water partition coefficient (Wildman–Crippen LogP) is 4.44. The zero-order valence-electron chi connectivity index (χ0n) is 24.8. The molecule has 3 aliphatic heterocycles. The lowest BCUT2D eigenvalue weighted by Gasteiger charge is -2.41. The third kappa shape index (κ3) is 6.54. The summed E-state index contributed by atoms with van der Waals surface area (Å²) in [4.78, 5) is 37.4. The van der Waals surface area contributed by atoms with Gasteiger partial charge in [-0.25, -0.2) is 8.78 Å². The van der Waals surface area contributed by atoms with Gasteiger partial charge in [0.05, 0.1) is 17.9 Å². The Kier molecular flexibility index (Phi) is 9.90. The number of aromatic hydroxyl groups is 1. The molecule has 3 aliphatic rings. The summed E-state index contributed by atoms with van der Waals surface area (Å²) in [5.41, 5.74) is 3.68. The van der Waals surface area contributed by atoms with Crippen LogP contribution in [0.5, 0.6) is 5.75 Å². The van der Waals surface area contributed by atoms with Crippen molar-refractivity contribution in [3.8, 4) is 5.75 Å². The highest BCUT2D eigenvalue weighted by atomic mass is 35.5. The topological polar surface area (TPSA) is 89.0 Å². The number of nitrogens with zero attached hydrogens (tertiary/aromatic N) is 4. The second-order valence-corrected chi connectivity index (χ2v) is 12.4. The van der Waals surface area contributed by atoms with Crippen molar-refractivity contribution in [3.63, 3.8) is 0 Å². The van der Waals surface area contributed by atoms with Gasteiger partial charge in [-0.2, -0.15) is 0 Å². The fraction of sp³-hybridized carbons (Fsp3) is 0.406. The molecule has 1 fully saturated rings. The van der Waals surface area contributed by atoms with Crippen LogP contribution in [-0.4, -0.2) is 76.5 Å². The van der Waals surface area contributed by atoms with Crippen molar-refractivity contribution in [1.82, 2.24) is 20.1 Å². The van der Waals surface area contributed by atoms with E-state index in [4.69, 9.17) is 0 Å². The second kappa shape index (κ2) is 13.0. The Morgan fingerprint density at radius 3 is 2.66 bits per heavy atom. The number of phenolic OH excluding ortho intramolecular Hbond substituents is 1. The van der Waals surface area contributed by atoms with Gasteiger partial charge in [-0.1, -0.05) is 26.0 Å². The van der Waals surface area contributed by atoms with Crippen molar-refractivity contribution < 1.29 is 23.5 Å². The van der Waals surface area contributed by atoms with E-state index in [1.54, 1.807) is 28.1 Å². The average Bonchev–Trinajstić information content (AvgIpc) is 3.39. The van der Waals surface area contributed by atoms with Crippen molar-refractivity contribution in [3.05, 3.63) is 88.2 Å². The number of halogens is 4. The third-order valence-corrected chi connectivity index (χ3v) is 8.59. The quantitative estimate of drug-likeness (QED) is 0.411. The summed E-state index contributed by atoms with van der Waals surface area (Å²) in [6, 6.07) is 10.4. The molecule has 0 radical (unpaired) electrons. The number of anilines is 1. The van der Waals surface area contributed by atoms with Crippen LogP contribution in [0.4, 0.5) is 14.5 Å². The van der Waals surface area contributed by atoms with Crippen molar-refractivity contribution >= 4 is 42.3 Å². The van der Waals surface area contributed by atoms with Crippen LogP contribution >= 0.6 is 24.8 Å². The van der Waals surface area contributed by atoms with Crippen LogP contribution in [0.25, 0.3) is 0 Å². The van der Waals surface area contributed by atoms with E-state index in [1.165, 1.54) is 18.2 Å². The maximum atomic E-state index is 14.4. The number of hydrogen-bond acceptors (Lipinski definition) is 6. The van der Waals surface area contributed by atoms with Crippen LogP contribution in [0.2, 0.25) is 0 Å². The molecule has 6 rings (SSSR count). The molecular formula is C32H37Cl2F2N5O3. The van der Waals surface area contributed by atoms with Gasteiger partial charge in [-0.3, -0.25) is 19.5 Å². The molecule has 0 aliphatic carbocycles. The normalized spacial score (nSPS) is 20.5. The third-order valence-electron chi connectivity index (χ3n) is 8.59. The molecule has 3 aromatic rings. The maximum absolute atomic E-state index is 14.4. The molecule has 12 heteroatoms. The summed E-state index contributed by atoms with van der Waals surface area (Å²) >= 11 is 0. The number of amides is 2. The van der Waals surface area contributed by atoms with Crippen LogP contribution in [-0.2, 0) is 23.2 Å². The van der Waals surface area contributed by atoms with Gasteiger partial charge in [0.15, 0.2) is 0 Å². The Morgan fingerprint density at radius 2 is 1.91 bits per heavy atom. The predicted molar refractivity (Wildman–Crippen MR) is 169 cm³/mol. The van der Waals surface area contributed by atoms with E-state index >= 15 is 0 Å². The van der Waals surface area contributed by atoms with Gasteiger partial charge in [-0.05, 0) is 47.9 Å². The molecule has 1 saturated heterocycles. The zero-order valence-corrected chi connectivity index (χ0v) is 26.5. The minimum atomic E-state index is -0.625. The van der Waals surface area contributed by atoms with Gasteiger partial charge in [0.1, 0.15) is 17.4 Å². The molecule has 236 valence electrons. The zero-order chi connectivity index (χ0) is 29.8. The van der Waals surface area contributed by atoms with Crippen LogP contribution in [0.1, 0.15) is 53.5 Å². The number of benzene rings is 2. The van der Waals surface area contributed by atoms with Gasteiger partial charge < -0.3 is 20.2 Å². The van der Waals surface area contributed by atoms with Crippen molar-refractivity contribution in [2.75, 3.05) is 37.6 Å². The van der Waals surface area contributed by atoms with E-state index in [2.05, 4.69) is 36.0 Å². The van der Waals surface area contributed by atoms with E-state index in [1.807, 2.05) is 6.07 Å². The van der Waals surface area contributed by atoms with E-state index in [9.17, 15) is 23.5 Å². The standard InChI is InChI=1S/C32H35F2N5O3.2ClH/c1-19-14-37(24(13-35-19)16-38-15-22-5-7-25(40)11-26(22)31(38)42)17-29(41)39-18-32(2,3)30-28(39)9-20(12-36-30)8-21-4-6-23(33)10-27(21)34;;/h4-7,9-12,19,24,35,40H,8,13-18H2,1-3H3;2*1H/t19-,24-;;/m1../s1. The van der Waals surface area contributed by atoms with Gasteiger partial charge >= 0.3 is 0 Å². The van der Waals surface area contributed by atoms with Crippen LogP contribution in [0.15, 0.2) is 48.7 Å². The average molecular weight is 649 g/mol. The Morgan fingerprint density at radius 1 is 1.14 bits per heavy atom. The summed E-state index contributed by atoms with van der Waals surface area (Å²) < 4.78 is 27.8. The fourth-order valence-electron chi connectivity index (χ4n) is 6.40. The first-order chi connectivity index (χ1) is 20.0. The minimum Gasteiger partial charge on any atom is -0.508 e. The molecule has 2 amide bonds. The van der Waals surface area contributed by atoms with Gasteiger partial charge in [0.25, 0.3) is 5.91 Å². The number of pyridine rings is 1. The molecule has 0 spiro atoms. The molecule has 2 atom stereocenters. The summed E-state index contributed by atoms with van der Waals surface area (Å²) in [6.07, 6.45) is 1.94. The first-order valence-electron chi connectivity index (χ1n) is 14.3. The summed E-state index contributed by atoms with van der Waals surface area (Å²) in [7, 11) is 0. The highest BCUT2D eigenvalue weighted by molar-refractivity contribution is 5.99. The molecule has 2 N–H and O–H groups in total. The largest absolute Gasteiger partial charge is 0.508 e. The lowest BCUT2D eigenvalue weighted by Crippen LogP contribution is -2.60. The minimum absolute atomic E-state index is 0. The summed E-state index contributed by atoms with van der Waals surface area (Å²) in [5.74, 6) is -1.34. The number of carbonyl (C=O) groups is 2. The number of nitrogens with one attached hydrogen (secondary N) is 1. The monoisotopic (exact) mass is 647 g/mol. The number of hydrogen-bond donors (Lipinski definition) is 2.